The molecule has 2 aliphatic heterocycles. The van der Waals surface area contributed by atoms with E-state index in [1.807, 2.05) is 47.4 Å². The normalized spacial score (nSPS) is 19.2. The van der Waals surface area contributed by atoms with Crippen LogP contribution >= 0.6 is 0 Å². The molecule has 0 radical (unpaired) electrons. The average Bonchev–Trinajstić information content (AvgIpc) is 2.89. The highest BCUT2D eigenvalue weighted by Gasteiger charge is 2.36. The van der Waals surface area contributed by atoms with Gasteiger partial charge < -0.3 is 5.32 Å². The predicted molar refractivity (Wildman–Crippen MR) is 131 cm³/mol. The highest BCUT2D eigenvalue weighted by atomic mass is 16.6. The Morgan fingerprint density at radius 2 is 1.79 bits per heavy atom. The van der Waals surface area contributed by atoms with Crippen molar-refractivity contribution in [1.29, 1.82) is 0 Å². The van der Waals surface area contributed by atoms with Crippen LogP contribution in [0.4, 0.5) is 11.6 Å². The third-order valence-electron chi connectivity index (χ3n) is 6.28. The van der Waals surface area contributed by atoms with Gasteiger partial charge in [-0.05, 0) is 24.5 Å². The SMILES string of the molecule is CCC1(c2ccccc2)N=CC=C(N2CCCn3c2nc(-c2ccccc2)c([N+](=O)[O-])c3=O)N1. The minimum atomic E-state index is -0.656. The van der Waals surface area contributed by atoms with Gasteiger partial charge in [-0.3, -0.25) is 29.4 Å². The van der Waals surface area contributed by atoms with Gasteiger partial charge in [0.25, 0.3) is 0 Å². The summed E-state index contributed by atoms with van der Waals surface area (Å²) in [4.78, 5) is 35.9. The summed E-state index contributed by atoms with van der Waals surface area (Å²) in [5.74, 6) is 1.13. The minimum absolute atomic E-state index is 0.0728. The Morgan fingerprint density at radius 3 is 2.47 bits per heavy atom. The van der Waals surface area contributed by atoms with E-state index in [1.165, 1.54) is 4.57 Å². The summed E-state index contributed by atoms with van der Waals surface area (Å²) in [5, 5.41) is 15.4. The maximum absolute atomic E-state index is 13.3. The van der Waals surface area contributed by atoms with Crippen LogP contribution in [0.15, 0.2) is 82.3 Å². The van der Waals surface area contributed by atoms with E-state index in [0.29, 0.717) is 37.4 Å². The van der Waals surface area contributed by atoms with E-state index in [0.717, 1.165) is 11.4 Å². The summed E-state index contributed by atoms with van der Waals surface area (Å²) >= 11 is 0. The van der Waals surface area contributed by atoms with Gasteiger partial charge in [-0.1, -0.05) is 67.6 Å². The van der Waals surface area contributed by atoms with E-state index in [9.17, 15) is 14.9 Å². The van der Waals surface area contributed by atoms with E-state index >= 15 is 0 Å². The molecule has 1 unspecified atom stereocenters. The Morgan fingerprint density at radius 1 is 1.09 bits per heavy atom. The van der Waals surface area contributed by atoms with Crippen LogP contribution in [0.3, 0.4) is 0 Å². The molecule has 1 atom stereocenters. The number of aromatic nitrogens is 2. The summed E-state index contributed by atoms with van der Waals surface area (Å²) < 4.78 is 1.40. The summed E-state index contributed by atoms with van der Waals surface area (Å²) in [7, 11) is 0. The van der Waals surface area contributed by atoms with Gasteiger partial charge in [-0.15, -0.1) is 0 Å². The Kier molecular flexibility index (Phi) is 5.45. The van der Waals surface area contributed by atoms with Crippen LogP contribution in [0.1, 0.15) is 25.3 Å². The average molecular weight is 457 g/mol. The monoisotopic (exact) mass is 456 g/mol. The Hall–Kier alpha value is -4.27. The van der Waals surface area contributed by atoms with Crippen LogP contribution in [0, 0.1) is 10.1 Å². The van der Waals surface area contributed by atoms with E-state index in [2.05, 4.69) is 12.2 Å². The zero-order valence-electron chi connectivity index (χ0n) is 18.7. The van der Waals surface area contributed by atoms with Crippen molar-refractivity contribution in [3.63, 3.8) is 0 Å². The van der Waals surface area contributed by atoms with Crippen molar-refractivity contribution in [3.8, 4) is 11.3 Å². The topological polar surface area (TPSA) is 106 Å². The standard InChI is InChI=1S/C25H24N6O3/c1-2-25(19-12-7-4-8-13-19)26-15-14-20(28-25)29-16-9-17-30-23(32)22(31(33)34)21(27-24(29)30)18-10-5-3-6-11-18/h3-8,10-15,28H,2,9,16-17H2,1H3. The zero-order chi connectivity index (χ0) is 23.7. The Labute approximate surface area is 196 Å². The molecule has 172 valence electrons. The lowest BCUT2D eigenvalue weighted by atomic mass is 9.96. The molecule has 0 fully saturated rings. The molecule has 1 N–H and O–H groups in total. The maximum Gasteiger partial charge on any atom is 0.360 e. The van der Waals surface area contributed by atoms with Gasteiger partial charge in [-0.25, -0.2) is 4.98 Å². The van der Waals surface area contributed by atoms with Gasteiger partial charge in [0.2, 0.25) is 5.95 Å². The Balaban J connectivity index is 1.63. The molecule has 0 aliphatic carbocycles. The van der Waals surface area contributed by atoms with Crippen molar-refractivity contribution in [2.75, 3.05) is 11.4 Å². The number of nitrogens with zero attached hydrogens (tertiary/aromatic N) is 5. The van der Waals surface area contributed by atoms with Gasteiger partial charge in [0.05, 0.1) is 4.92 Å². The summed E-state index contributed by atoms with van der Waals surface area (Å²) in [5.41, 5.74) is -0.181. The molecule has 0 saturated carbocycles. The lowest BCUT2D eigenvalue weighted by molar-refractivity contribution is -0.386. The van der Waals surface area contributed by atoms with Gasteiger partial charge in [-0.2, -0.15) is 0 Å². The molecule has 2 aliphatic rings. The molecule has 9 nitrogen and oxygen atoms in total. The molecule has 9 heteroatoms. The maximum atomic E-state index is 13.3. The van der Waals surface area contributed by atoms with Crippen molar-refractivity contribution in [2.24, 2.45) is 4.99 Å². The van der Waals surface area contributed by atoms with Crippen LogP contribution in [0.2, 0.25) is 0 Å². The first-order valence-corrected chi connectivity index (χ1v) is 11.3. The second kappa shape index (κ2) is 8.58. The number of nitrogens with one attached hydrogen (secondary N) is 1. The molecule has 0 amide bonds. The molecule has 3 heterocycles. The van der Waals surface area contributed by atoms with E-state index in [-0.39, 0.29) is 5.69 Å². The van der Waals surface area contributed by atoms with Gasteiger partial charge in [0, 0.05) is 24.9 Å². The first kappa shape index (κ1) is 21.6. The molecule has 3 aromatic rings. The van der Waals surface area contributed by atoms with Gasteiger partial charge >= 0.3 is 11.2 Å². The van der Waals surface area contributed by atoms with Crippen LogP contribution in [-0.4, -0.2) is 27.2 Å². The molecule has 0 bridgehead atoms. The summed E-state index contributed by atoms with van der Waals surface area (Å²) in [6.45, 7) is 3.04. The van der Waals surface area contributed by atoms with Crippen molar-refractivity contribution in [2.45, 2.75) is 32.0 Å². The van der Waals surface area contributed by atoms with Crippen molar-refractivity contribution in [1.82, 2.24) is 14.9 Å². The number of nitro groups is 1. The van der Waals surface area contributed by atoms with Gasteiger partial charge in [0.1, 0.15) is 5.82 Å². The van der Waals surface area contributed by atoms with Crippen molar-refractivity contribution in [3.05, 3.63) is 98.6 Å². The van der Waals surface area contributed by atoms with Crippen molar-refractivity contribution >= 4 is 17.9 Å². The van der Waals surface area contributed by atoms with E-state index in [4.69, 9.17) is 9.98 Å². The fourth-order valence-electron chi connectivity index (χ4n) is 4.54. The fourth-order valence-corrected chi connectivity index (χ4v) is 4.54. The van der Waals surface area contributed by atoms with Crippen LogP contribution < -0.4 is 15.8 Å². The molecule has 2 aromatic carbocycles. The first-order valence-electron chi connectivity index (χ1n) is 11.3. The number of anilines is 1. The molecule has 0 spiro atoms. The zero-order valence-corrected chi connectivity index (χ0v) is 18.7. The summed E-state index contributed by atoms with van der Waals surface area (Å²) in [6, 6.07) is 18.8. The molecular weight excluding hydrogens is 432 g/mol. The lowest BCUT2D eigenvalue weighted by Gasteiger charge is -2.40. The van der Waals surface area contributed by atoms with Gasteiger partial charge in [0.15, 0.2) is 11.4 Å². The molecule has 1 aromatic heterocycles. The quantitative estimate of drug-likeness (QED) is 0.462. The lowest BCUT2D eigenvalue weighted by Crippen LogP contribution is -2.49. The number of aliphatic imine (C=N–C) groups is 1. The first-order chi connectivity index (χ1) is 16.5. The number of rotatable bonds is 5. The number of allylic oxidation sites excluding steroid dienone is 1. The largest absolute Gasteiger partial charge is 0.360 e. The molecule has 34 heavy (non-hydrogen) atoms. The van der Waals surface area contributed by atoms with Crippen LogP contribution in [0.5, 0.6) is 0 Å². The van der Waals surface area contributed by atoms with E-state index < -0.39 is 21.8 Å². The highest BCUT2D eigenvalue weighted by Crippen LogP contribution is 2.34. The third-order valence-corrected chi connectivity index (χ3v) is 6.28. The molecule has 5 rings (SSSR count). The van der Waals surface area contributed by atoms with Crippen molar-refractivity contribution < 1.29 is 4.92 Å². The molecule has 0 saturated heterocycles. The third kappa shape index (κ3) is 3.55. The smallest absolute Gasteiger partial charge is 0.344 e. The second-order valence-corrected chi connectivity index (χ2v) is 8.23. The van der Waals surface area contributed by atoms with Crippen LogP contribution in [0.25, 0.3) is 11.3 Å². The summed E-state index contributed by atoms with van der Waals surface area (Å²) in [6.07, 6.45) is 4.97. The fraction of sp³-hybridized carbons (Fsp3) is 0.240. The number of benzene rings is 2. The predicted octanol–water partition coefficient (Wildman–Crippen LogP) is 3.81. The Bertz CT molecular complexity index is 1350. The number of fused-ring (bicyclic) bond motifs is 1. The minimum Gasteiger partial charge on any atom is -0.344 e. The van der Waals surface area contributed by atoms with Crippen LogP contribution in [-0.2, 0) is 12.2 Å². The van der Waals surface area contributed by atoms with E-state index in [1.54, 1.807) is 30.5 Å². The second-order valence-electron chi connectivity index (χ2n) is 8.23. The number of hydrogen-bond donors (Lipinski definition) is 1. The molecular formula is C25H24N6O3. The highest BCUT2D eigenvalue weighted by molar-refractivity contribution is 5.76. The number of hydrogen-bond acceptors (Lipinski definition) is 7.